The smallest absolute Gasteiger partial charge is 0.339 e. The zero-order chi connectivity index (χ0) is 21.7. The molecular weight excluding hydrogens is 384 g/mol. The summed E-state index contributed by atoms with van der Waals surface area (Å²) in [7, 11) is 0. The molecule has 0 spiro atoms. The van der Waals surface area contributed by atoms with Crippen LogP contribution in [0.3, 0.4) is 0 Å². The van der Waals surface area contributed by atoms with Crippen molar-refractivity contribution < 1.29 is 19.1 Å². The van der Waals surface area contributed by atoms with Crippen molar-refractivity contribution in [1.82, 2.24) is 4.98 Å². The number of nitrogens with one attached hydrogen (secondary N) is 2. The standard InChI is InChI=1S/C23H22N2O5/c1-3-6-20(26)24-16-11-9-15(10-12-16)22(28)14(2)30-23(29)18-13-21(27)25-19-8-5-4-7-17(18)19/h4-5,7-14H,3,6H2,1-2H3,(H,24,26)(H,25,27)/t14-/m0/s1. The van der Waals surface area contributed by atoms with Crippen LogP contribution in [0.1, 0.15) is 47.4 Å². The monoisotopic (exact) mass is 406 g/mol. The van der Waals surface area contributed by atoms with E-state index in [1.807, 2.05) is 6.92 Å². The summed E-state index contributed by atoms with van der Waals surface area (Å²) in [5.41, 5.74) is 1.11. The number of Topliss-reactive ketones (excluding diaryl/α,β-unsaturated/α-hetero) is 1. The second-order valence-corrected chi connectivity index (χ2v) is 6.88. The molecule has 30 heavy (non-hydrogen) atoms. The molecule has 0 aliphatic carbocycles. The minimum Gasteiger partial charge on any atom is -0.451 e. The Morgan fingerprint density at radius 2 is 1.77 bits per heavy atom. The number of pyridine rings is 1. The summed E-state index contributed by atoms with van der Waals surface area (Å²) in [6, 6.07) is 14.4. The van der Waals surface area contributed by atoms with E-state index in [4.69, 9.17) is 4.74 Å². The minimum absolute atomic E-state index is 0.0936. The molecule has 2 aromatic carbocycles. The minimum atomic E-state index is -1.05. The van der Waals surface area contributed by atoms with Gasteiger partial charge in [0.1, 0.15) is 0 Å². The van der Waals surface area contributed by atoms with E-state index in [1.54, 1.807) is 48.5 Å². The van der Waals surface area contributed by atoms with Crippen LogP contribution in [0.25, 0.3) is 10.9 Å². The highest BCUT2D eigenvalue weighted by Crippen LogP contribution is 2.18. The average Bonchev–Trinajstić information content (AvgIpc) is 2.73. The Morgan fingerprint density at radius 3 is 2.47 bits per heavy atom. The van der Waals surface area contributed by atoms with E-state index in [1.165, 1.54) is 6.92 Å². The van der Waals surface area contributed by atoms with Crippen molar-refractivity contribution in [3.63, 3.8) is 0 Å². The fraction of sp³-hybridized carbons (Fsp3) is 0.217. The van der Waals surface area contributed by atoms with Crippen molar-refractivity contribution in [3.05, 3.63) is 76.1 Å². The van der Waals surface area contributed by atoms with Crippen molar-refractivity contribution >= 4 is 34.3 Å². The molecule has 154 valence electrons. The first-order valence-electron chi connectivity index (χ1n) is 9.66. The molecule has 1 atom stereocenters. The molecule has 0 aliphatic heterocycles. The fourth-order valence-electron chi connectivity index (χ4n) is 3.05. The number of amides is 1. The highest BCUT2D eigenvalue weighted by atomic mass is 16.5. The quantitative estimate of drug-likeness (QED) is 0.460. The summed E-state index contributed by atoms with van der Waals surface area (Å²) in [5, 5.41) is 3.28. The van der Waals surface area contributed by atoms with E-state index in [2.05, 4.69) is 10.3 Å². The first-order chi connectivity index (χ1) is 14.4. The van der Waals surface area contributed by atoms with Crippen LogP contribution in [-0.4, -0.2) is 28.7 Å². The molecule has 2 N–H and O–H groups in total. The van der Waals surface area contributed by atoms with Crippen molar-refractivity contribution in [3.8, 4) is 0 Å². The predicted octanol–water partition coefficient (Wildman–Crippen LogP) is 3.69. The third-order valence-electron chi connectivity index (χ3n) is 4.55. The maximum atomic E-state index is 12.6. The zero-order valence-corrected chi connectivity index (χ0v) is 16.7. The number of fused-ring (bicyclic) bond motifs is 1. The second-order valence-electron chi connectivity index (χ2n) is 6.88. The molecule has 1 heterocycles. The van der Waals surface area contributed by atoms with Gasteiger partial charge in [0.25, 0.3) is 0 Å². The van der Waals surface area contributed by atoms with E-state index in [0.29, 0.717) is 28.6 Å². The molecule has 0 radical (unpaired) electrons. The van der Waals surface area contributed by atoms with Crippen LogP contribution >= 0.6 is 0 Å². The van der Waals surface area contributed by atoms with Gasteiger partial charge in [-0.25, -0.2) is 4.79 Å². The maximum Gasteiger partial charge on any atom is 0.339 e. The van der Waals surface area contributed by atoms with Crippen molar-refractivity contribution in [2.75, 3.05) is 5.32 Å². The van der Waals surface area contributed by atoms with Gasteiger partial charge in [-0.1, -0.05) is 25.1 Å². The lowest BCUT2D eigenvalue weighted by Crippen LogP contribution is -2.25. The van der Waals surface area contributed by atoms with E-state index in [0.717, 1.165) is 12.5 Å². The van der Waals surface area contributed by atoms with Gasteiger partial charge in [-0.05, 0) is 43.7 Å². The van der Waals surface area contributed by atoms with Gasteiger partial charge in [0.05, 0.1) is 5.56 Å². The van der Waals surface area contributed by atoms with Crippen molar-refractivity contribution in [2.45, 2.75) is 32.8 Å². The predicted molar refractivity (Wildman–Crippen MR) is 114 cm³/mol. The first-order valence-corrected chi connectivity index (χ1v) is 9.66. The lowest BCUT2D eigenvalue weighted by Gasteiger charge is -2.14. The Balaban J connectivity index is 1.72. The first kappa shape index (κ1) is 21.0. The summed E-state index contributed by atoms with van der Waals surface area (Å²) in [6.07, 6.45) is 0.120. The molecule has 1 amide bonds. The van der Waals surface area contributed by atoms with Crippen LogP contribution in [0.4, 0.5) is 5.69 Å². The number of hydrogen-bond acceptors (Lipinski definition) is 5. The van der Waals surface area contributed by atoms with Gasteiger partial charge in [0.15, 0.2) is 6.10 Å². The normalized spacial score (nSPS) is 11.7. The highest BCUT2D eigenvalue weighted by molar-refractivity contribution is 6.06. The number of para-hydroxylation sites is 1. The average molecular weight is 406 g/mol. The third-order valence-corrected chi connectivity index (χ3v) is 4.55. The lowest BCUT2D eigenvalue weighted by molar-refractivity contribution is -0.116. The van der Waals surface area contributed by atoms with Crippen LogP contribution in [0.2, 0.25) is 0 Å². The van der Waals surface area contributed by atoms with Crippen LogP contribution in [-0.2, 0) is 9.53 Å². The molecule has 1 aromatic heterocycles. The molecule has 7 nitrogen and oxygen atoms in total. The van der Waals surface area contributed by atoms with Gasteiger partial charge in [-0.15, -0.1) is 0 Å². The molecular formula is C23H22N2O5. The molecule has 0 bridgehead atoms. The number of ether oxygens (including phenoxy) is 1. The number of aromatic nitrogens is 1. The van der Waals surface area contributed by atoms with E-state index in [-0.39, 0.29) is 17.3 Å². The number of aromatic amines is 1. The fourth-order valence-corrected chi connectivity index (χ4v) is 3.05. The van der Waals surface area contributed by atoms with Gasteiger partial charge in [0.2, 0.25) is 17.2 Å². The topological polar surface area (TPSA) is 105 Å². The van der Waals surface area contributed by atoms with Gasteiger partial charge >= 0.3 is 5.97 Å². The number of hydrogen-bond donors (Lipinski definition) is 2. The van der Waals surface area contributed by atoms with Gasteiger partial charge < -0.3 is 15.0 Å². The number of anilines is 1. The van der Waals surface area contributed by atoms with Crippen LogP contribution < -0.4 is 10.9 Å². The number of carbonyl (C=O) groups excluding carboxylic acids is 3. The molecule has 0 saturated heterocycles. The number of H-pyrrole nitrogens is 1. The zero-order valence-electron chi connectivity index (χ0n) is 16.7. The summed E-state index contributed by atoms with van der Waals surface area (Å²) in [5.74, 6) is -1.23. The number of carbonyl (C=O) groups is 3. The third kappa shape index (κ3) is 4.81. The second kappa shape index (κ2) is 9.17. The SMILES string of the molecule is CCCC(=O)Nc1ccc(C(=O)[C@H](C)OC(=O)c2cc(=O)[nH]c3ccccc23)cc1. The van der Waals surface area contributed by atoms with Gasteiger partial charge in [-0.3, -0.25) is 14.4 Å². The number of benzene rings is 2. The molecule has 3 aromatic rings. The molecule has 0 fully saturated rings. The van der Waals surface area contributed by atoms with Crippen LogP contribution in [0, 0.1) is 0 Å². The molecule has 7 heteroatoms. The van der Waals surface area contributed by atoms with Gasteiger partial charge in [-0.2, -0.15) is 0 Å². The Morgan fingerprint density at radius 1 is 1.07 bits per heavy atom. The molecule has 0 unspecified atom stereocenters. The largest absolute Gasteiger partial charge is 0.451 e. The van der Waals surface area contributed by atoms with E-state index < -0.39 is 17.6 Å². The van der Waals surface area contributed by atoms with E-state index >= 15 is 0 Å². The molecule has 0 saturated carbocycles. The van der Waals surface area contributed by atoms with Crippen molar-refractivity contribution in [1.29, 1.82) is 0 Å². The summed E-state index contributed by atoms with van der Waals surface area (Å²) in [6.45, 7) is 3.39. The highest BCUT2D eigenvalue weighted by Gasteiger charge is 2.22. The summed E-state index contributed by atoms with van der Waals surface area (Å²) >= 11 is 0. The number of ketones is 1. The van der Waals surface area contributed by atoms with Crippen molar-refractivity contribution in [2.24, 2.45) is 0 Å². The molecule has 0 aliphatic rings. The Bertz CT molecular complexity index is 1150. The van der Waals surface area contributed by atoms with Crippen LogP contribution in [0.5, 0.6) is 0 Å². The van der Waals surface area contributed by atoms with Crippen LogP contribution in [0.15, 0.2) is 59.4 Å². The van der Waals surface area contributed by atoms with Gasteiger partial charge in [0, 0.05) is 34.6 Å². The summed E-state index contributed by atoms with van der Waals surface area (Å²) in [4.78, 5) is 51.4. The maximum absolute atomic E-state index is 12.6. The lowest BCUT2D eigenvalue weighted by atomic mass is 10.1. The Kier molecular flexibility index (Phi) is 6.41. The Hall–Kier alpha value is -3.74. The number of esters is 1. The van der Waals surface area contributed by atoms with E-state index in [9.17, 15) is 19.2 Å². The number of rotatable bonds is 7. The Labute approximate surface area is 173 Å². The summed E-state index contributed by atoms with van der Waals surface area (Å²) < 4.78 is 5.33. The molecule has 3 rings (SSSR count).